The molecule has 0 aliphatic carbocycles. The second-order valence-electron chi connectivity index (χ2n) is 28.8. The van der Waals surface area contributed by atoms with Gasteiger partial charge in [-0.25, -0.2) is 15.8 Å². The monoisotopic (exact) mass is 1520 g/mol. The average molecular weight is 1520 g/mol. The summed E-state index contributed by atoms with van der Waals surface area (Å²) >= 11 is 0. The van der Waals surface area contributed by atoms with Gasteiger partial charge in [-0.3, -0.25) is 72.7 Å². The first-order valence-corrected chi connectivity index (χ1v) is 38.9. The second kappa shape index (κ2) is 51.6. The minimum atomic E-state index is -0.645. The summed E-state index contributed by atoms with van der Waals surface area (Å²) in [5.41, 5.74) is 8.70. The Morgan fingerprint density at radius 2 is 0.578 bits per heavy atom. The van der Waals surface area contributed by atoms with Crippen LogP contribution in [0.2, 0.25) is 0 Å². The smallest absolute Gasteiger partial charge is 0.306 e. The lowest BCUT2D eigenvalue weighted by molar-refractivity contribution is -0.147. The van der Waals surface area contributed by atoms with Gasteiger partial charge < -0.3 is 33.7 Å². The Bertz CT molecular complexity index is 3400. The summed E-state index contributed by atoms with van der Waals surface area (Å²) in [7, 11) is 0. The van der Waals surface area contributed by atoms with Crippen LogP contribution >= 0.6 is 0 Å². The zero-order valence-corrected chi connectivity index (χ0v) is 68.9. The zero-order chi connectivity index (χ0) is 81.6. The van der Waals surface area contributed by atoms with Crippen LogP contribution in [-0.4, -0.2) is 205 Å². The fraction of sp³-hybridized carbons (Fsp3) is 0.659. The van der Waals surface area contributed by atoms with Crippen molar-refractivity contribution in [1.82, 2.24) is 26.0 Å². The largest absolute Gasteiger partial charge is 0.464 e. The molecule has 109 heavy (non-hydrogen) atoms. The molecule has 2 rings (SSSR count). The molecule has 27 nitrogen and oxygen atoms in total. The summed E-state index contributed by atoms with van der Waals surface area (Å²) in [4.78, 5) is 152. The number of esters is 6. The Labute approximate surface area is 648 Å². The van der Waals surface area contributed by atoms with Gasteiger partial charge in [-0.15, -0.1) is 0 Å². The molecule has 0 aliphatic heterocycles. The number of hydrogen-bond acceptors (Lipinski definition) is 23. The molecule has 4 amide bonds. The molecule has 0 atom stereocenters. The van der Waals surface area contributed by atoms with Gasteiger partial charge in [0.25, 0.3) is 23.6 Å². The van der Waals surface area contributed by atoms with Crippen molar-refractivity contribution in [3.63, 3.8) is 0 Å². The number of hydrazone groups is 2. The molecule has 0 unspecified atom stereocenters. The first-order chi connectivity index (χ1) is 51.6. The number of rotatable bonds is 54. The maximum atomic E-state index is 13.3. The van der Waals surface area contributed by atoms with Crippen molar-refractivity contribution in [2.24, 2.45) is 30.2 Å². The maximum Gasteiger partial charge on any atom is 0.306 e. The van der Waals surface area contributed by atoms with E-state index in [4.69, 9.17) is 43.4 Å². The van der Waals surface area contributed by atoms with Gasteiger partial charge in [-0.1, -0.05) is 67.5 Å². The minimum absolute atomic E-state index is 0.00415. The van der Waals surface area contributed by atoms with E-state index in [1.165, 1.54) is 30.3 Å². The van der Waals surface area contributed by atoms with E-state index in [2.05, 4.69) is 93.7 Å². The molecule has 2 aromatic carbocycles. The number of aliphatic imine (C=N–C) groups is 4. The summed E-state index contributed by atoms with van der Waals surface area (Å²) in [5.74, 6) is -4.77. The molecular formula is C82H129N11O16. The van der Waals surface area contributed by atoms with Gasteiger partial charge in [-0.05, 0) is 196 Å². The van der Waals surface area contributed by atoms with Crippen molar-refractivity contribution in [2.75, 3.05) is 78.9 Å². The molecule has 0 saturated heterocycles. The lowest BCUT2D eigenvalue weighted by atomic mass is 9.95. The molecule has 608 valence electrons. The Hall–Kier alpha value is -8.72. The number of benzene rings is 2. The van der Waals surface area contributed by atoms with E-state index < -0.39 is 41.6 Å². The number of ether oxygens (including phenoxy) is 6. The molecular weight excluding hydrogens is 1390 g/mol. The minimum Gasteiger partial charge on any atom is -0.464 e. The van der Waals surface area contributed by atoms with Crippen molar-refractivity contribution in [3.05, 3.63) is 70.8 Å². The van der Waals surface area contributed by atoms with Crippen LogP contribution in [0.5, 0.6) is 0 Å². The highest BCUT2D eigenvalue weighted by molar-refractivity contribution is 6.06. The van der Waals surface area contributed by atoms with Crippen LogP contribution in [0.25, 0.3) is 0 Å². The van der Waals surface area contributed by atoms with E-state index in [1.54, 1.807) is 39.0 Å². The molecule has 0 fully saturated rings. The number of nitrogens with zero attached hydrogens (tertiary/aromatic N) is 8. The van der Waals surface area contributed by atoms with Crippen molar-refractivity contribution in [2.45, 2.75) is 275 Å². The highest BCUT2D eigenvalue weighted by Gasteiger charge is 2.25. The van der Waals surface area contributed by atoms with E-state index in [0.717, 1.165) is 68.5 Å². The van der Waals surface area contributed by atoms with Crippen LogP contribution in [0.15, 0.2) is 78.7 Å². The fourth-order valence-corrected chi connectivity index (χ4v) is 10.5. The van der Waals surface area contributed by atoms with Crippen molar-refractivity contribution < 1.29 is 76.4 Å². The van der Waals surface area contributed by atoms with E-state index >= 15 is 0 Å². The fourth-order valence-electron chi connectivity index (χ4n) is 10.5. The van der Waals surface area contributed by atoms with Crippen LogP contribution in [0.3, 0.4) is 0 Å². The van der Waals surface area contributed by atoms with E-state index in [0.29, 0.717) is 55.1 Å². The van der Waals surface area contributed by atoms with E-state index in [1.807, 2.05) is 51.3 Å². The SMILES string of the molecule is CCC(C)(CC)N=C(C)CCC(=O)OCCN(CCOC(=O)CCC(C)=NNC(=O)c1cccc(C(=O)NC(C)(CC)CC)c1)CCOC(=O)CCC(C)=NC(=O)c1cccc(C(=O)NN=C(C)CCC(=O)OCCN(CCOC(=O)CCC(C)=NC(C)(CC)CC)CCOC(=O)CCC(C)=NC(C)(CC)CC)c1. The van der Waals surface area contributed by atoms with Gasteiger partial charge in [0, 0.05) is 101 Å². The molecule has 0 bridgehead atoms. The maximum absolute atomic E-state index is 13.3. The summed E-state index contributed by atoms with van der Waals surface area (Å²) in [6.45, 7) is 37.0. The topological polar surface area (TPSA) is 343 Å². The van der Waals surface area contributed by atoms with Gasteiger partial charge in [0.15, 0.2) is 0 Å². The summed E-state index contributed by atoms with van der Waals surface area (Å²) in [6.07, 6.45) is 8.97. The van der Waals surface area contributed by atoms with Crippen LogP contribution in [0.4, 0.5) is 0 Å². The third kappa shape index (κ3) is 41.1. The second-order valence-corrected chi connectivity index (χ2v) is 28.8. The predicted molar refractivity (Wildman–Crippen MR) is 428 cm³/mol. The van der Waals surface area contributed by atoms with Gasteiger partial charge in [0.05, 0.1) is 55.1 Å². The first-order valence-electron chi connectivity index (χ1n) is 38.9. The number of carbonyl (C=O) groups excluding carboxylic acids is 10. The number of nitrogens with one attached hydrogen (secondary N) is 3. The lowest BCUT2D eigenvalue weighted by Crippen LogP contribution is -2.45. The predicted octanol–water partition coefficient (Wildman–Crippen LogP) is 13.2. The molecule has 2 aromatic rings. The van der Waals surface area contributed by atoms with Crippen LogP contribution in [-0.2, 0) is 57.2 Å². The van der Waals surface area contributed by atoms with E-state index in [9.17, 15) is 47.9 Å². The van der Waals surface area contributed by atoms with Gasteiger partial charge in [-0.2, -0.15) is 10.2 Å². The van der Waals surface area contributed by atoms with Gasteiger partial charge >= 0.3 is 35.8 Å². The molecule has 0 aliphatic rings. The molecule has 0 aromatic heterocycles. The molecule has 3 N–H and O–H groups in total. The molecule has 0 heterocycles. The first kappa shape index (κ1) is 96.4. The summed E-state index contributed by atoms with van der Waals surface area (Å²) in [6, 6.07) is 12.2. The van der Waals surface area contributed by atoms with E-state index in [-0.39, 0.29) is 180 Å². The van der Waals surface area contributed by atoms with Gasteiger partial charge in [0.2, 0.25) is 0 Å². The average Bonchev–Trinajstić information content (AvgIpc) is 0.841. The third-order valence-electron chi connectivity index (χ3n) is 19.8. The number of carbonyl (C=O) groups is 10. The zero-order valence-electron chi connectivity index (χ0n) is 68.9. The Kier molecular flexibility index (Phi) is 45.6. The number of amides is 4. The molecule has 0 radical (unpaired) electrons. The molecule has 0 saturated carbocycles. The molecule has 27 heteroatoms. The molecule has 0 spiro atoms. The van der Waals surface area contributed by atoms with Crippen LogP contribution in [0, 0.1) is 0 Å². The standard InChI is InChI=1S/C82H129N11O16/c1-19-79(15,20-2)84-60(10)34-40-70(95)105-52-46-92(49-55-108-74(99)44-38-64(14)89-91-78(103)68-32-28-30-66(58-68)76(101)87-82(18,25-7)26-8)45-51-104-69(94)39-33-59(9)83-75(100)65-29-27-31-67(57-65)77(102)90-88-63(13)37-43-73(98)109-56-50-93(47-53-106-71(96)41-35-61(11)85-80(16,21-3)22-4)48-54-107-72(97)42-36-62(12)86-81(17,23-5)24-6/h27-32,57-58H,19-26,33-56H2,1-18H3,(H,87,101)(H,90,102)(H,91,103). The Morgan fingerprint density at radius 1 is 0.330 bits per heavy atom. The normalized spacial score (nSPS) is 12.9. The third-order valence-corrected chi connectivity index (χ3v) is 19.8. The highest BCUT2D eigenvalue weighted by atomic mass is 16.6. The Balaban J connectivity index is 1.98. The van der Waals surface area contributed by atoms with Crippen LogP contribution in [0.1, 0.15) is 294 Å². The Morgan fingerprint density at radius 3 is 0.853 bits per heavy atom. The number of hydrogen-bond donors (Lipinski definition) is 3. The van der Waals surface area contributed by atoms with Crippen molar-refractivity contribution >= 4 is 93.7 Å². The summed E-state index contributed by atoms with van der Waals surface area (Å²) in [5, 5.41) is 11.3. The van der Waals surface area contributed by atoms with Crippen molar-refractivity contribution in [3.8, 4) is 0 Å². The van der Waals surface area contributed by atoms with Gasteiger partial charge in [0.1, 0.15) is 39.6 Å². The van der Waals surface area contributed by atoms with Crippen molar-refractivity contribution in [1.29, 1.82) is 0 Å². The summed E-state index contributed by atoms with van der Waals surface area (Å²) < 4.78 is 33.4. The lowest BCUT2D eigenvalue weighted by Gasteiger charge is -2.28. The van der Waals surface area contributed by atoms with Crippen LogP contribution < -0.4 is 16.2 Å². The quantitative estimate of drug-likeness (QED) is 0.0240. The highest BCUT2D eigenvalue weighted by Crippen LogP contribution is 2.23.